The number of likely N-dealkylation sites (tertiary alicyclic amines) is 1. The first kappa shape index (κ1) is 13.8. The third kappa shape index (κ3) is 2.69. The van der Waals surface area contributed by atoms with E-state index in [0.29, 0.717) is 13.0 Å². The number of hydrogen-bond donors (Lipinski definition) is 2. The van der Waals surface area contributed by atoms with Crippen LogP contribution >= 0.6 is 0 Å². The molecule has 0 aliphatic carbocycles. The molecule has 1 fully saturated rings. The summed E-state index contributed by atoms with van der Waals surface area (Å²) in [7, 11) is 3.45. The first-order valence-electron chi connectivity index (χ1n) is 5.76. The third-order valence-corrected chi connectivity index (χ3v) is 3.44. The van der Waals surface area contributed by atoms with Gasteiger partial charge in [-0.3, -0.25) is 10.2 Å². The maximum absolute atomic E-state index is 11.8. The van der Waals surface area contributed by atoms with Crippen LogP contribution in [0.1, 0.15) is 20.3 Å². The van der Waals surface area contributed by atoms with Crippen molar-refractivity contribution in [2.24, 2.45) is 11.3 Å². The molecular weight excluding hydrogens is 222 g/mol. The molecule has 1 atom stereocenters. The summed E-state index contributed by atoms with van der Waals surface area (Å²) >= 11 is 0. The van der Waals surface area contributed by atoms with Gasteiger partial charge in [0.25, 0.3) is 0 Å². The fourth-order valence-electron chi connectivity index (χ4n) is 2.16. The van der Waals surface area contributed by atoms with Crippen molar-refractivity contribution in [1.29, 1.82) is 0 Å². The van der Waals surface area contributed by atoms with Gasteiger partial charge in [-0.1, -0.05) is 13.8 Å². The second kappa shape index (κ2) is 4.91. The Morgan fingerprint density at radius 1 is 1.41 bits per heavy atom. The van der Waals surface area contributed by atoms with Gasteiger partial charge in [0.05, 0.1) is 5.41 Å². The Labute approximate surface area is 102 Å². The van der Waals surface area contributed by atoms with E-state index in [4.69, 9.17) is 0 Å². The van der Waals surface area contributed by atoms with Crippen LogP contribution in [0.3, 0.4) is 0 Å². The van der Waals surface area contributed by atoms with Crippen LogP contribution in [0.15, 0.2) is 0 Å². The van der Waals surface area contributed by atoms with Gasteiger partial charge in [0, 0.05) is 27.2 Å². The second-order valence-electron chi connectivity index (χ2n) is 5.10. The minimum Gasteiger partial charge on any atom is -0.481 e. The summed E-state index contributed by atoms with van der Waals surface area (Å²) in [4.78, 5) is 24.7. The van der Waals surface area contributed by atoms with Crippen LogP contribution in [-0.2, 0) is 4.79 Å². The monoisotopic (exact) mass is 243 g/mol. The molecule has 0 saturated carbocycles. The molecule has 1 heterocycles. The zero-order valence-electron chi connectivity index (χ0n) is 10.9. The van der Waals surface area contributed by atoms with Crippen LogP contribution in [0, 0.1) is 11.3 Å². The van der Waals surface area contributed by atoms with E-state index in [0.717, 1.165) is 0 Å². The number of carboxylic acid groups (broad SMARTS) is 1. The van der Waals surface area contributed by atoms with Crippen LogP contribution in [0.2, 0.25) is 0 Å². The lowest BCUT2D eigenvalue weighted by Crippen LogP contribution is -2.47. The van der Waals surface area contributed by atoms with Gasteiger partial charge in [0.1, 0.15) is 0 Å². The van der Waals surface area contributed by atoms with Crippen molar-refractivity contribution >= 4 is 12.0 Å². The van der Waals surface area contributed by atoms with Gasteiger partial charge in [0.2, 0.25) is 0 Å². The highest BCUT2D eigenvalue weighted by Crippen LogP contribution is 2.38. The molecule has 0 aromatic rings. The molecule has 0 spiro atoms. The van der Waals surface area contributed by atoms with E-state index in [2.05, 4.69) is 5.43 Å². The van der Waals surface area contributed by atoms with Crippen molar-refractivity contribution in [3.8, 4) is 0 Å². The number of carbonyl (C=O) groups is 2. The third-order valence-electron chi connectivity index (χ3n) is 3.44. The average Bonchev–Trinajstić information content (AvgIpc) is 2.61. The van der Waals surface area contributed by atoms with Gasteiger partial charge in [0.15, 0.2) is 0 Å². The summed E-state index contributed by atoms with van der Waals surface area (Å²) in [5.41, 5.74) is 1.83. The first-order valence-corrected chi connectivity index (χ1v) is 5.76. The molecule has 0 radical (unpaired) electrons. The second-order valence-corrected chi connectivity index (χ2v) is 5.10. The van der Waals surface area contributed by atoms with E-state index >= 15 is 0 Å². The van der Waals surface area contributed by atoms with E-state index in [1.807, 2.05) is 13.8 Å². The van der Waals surface area contributed by atoms with Gasteiger partial charge in [-0.2, -0.15) is 0 Å². The van der Waals surface area contributed by atoms with Crippen molar-refractivity contribution in [3.05, 3.63) is 0 Å². The minimum atomic E-state index is -0.812. The summed E-state index contributed by atoms with van der Waals surface area (Å²) in [6.45, 7) is 4.55. The van der Waals surface area contributed by atoms with Gasteiger partial charge in [-0.25, -0.2) is 9.80 Å². The number of urea groups is 1. The molecular formula is C11H21N3O3. The lowest BCUT2D eigenvalue weighted by atomic mass is 9.76. The van der Waals surface area contributed by atoms with E-state index in [1.54, 1.807) is 24.0 Å². The molecule has 17 heavy (non-hydrogen) atoms. The molecule has 2 amide bonds. The van der Waals surface area contributed by atoms with Gasteiger partial charge in [-0.15, -0.1) is 0 Å². The Morgan fingerprint density at radius 3 is 2.35 bits per heavy atom. The van der Waals surface area contributed by atoms with Crippen molar-refractivity contribution < 1.29 is 14.7 Å². The number of carbonyl (C=O) groups excluding carboxylic acids is 1. The molecule has 0 aromatic heterocycles. The first-order chi connectivity index (χ1) is 7.79. The number of rotatable bonds is 3. The number of nitrogens with one attached hydrogen (secondary N) is 1. The Morgan fingerprint density at radius 2 is 2.00 bits per heavy atom. The largest absolute Gasteiger partial charge is 0.481 e. The molecule has 0 aromatic carbocycles. The summed E-state index contributed by atoms with van der Waals surface area (Å²) in [6, 6.07) is -0.237. The molecule has 0 bridgehead atoms. The number of aliphatic carboxylic acids is 1. The van der Waals surface area contributed by atoms with E-state index in [1.165, 1.54) is 0 Å². The number of hydrazine groups is 1. The lowest BCUT2D eigenvalue weighted by molar-refractivity contribution is -0.150. The summed E-state index contributed by atoms with van der Waals surface area (Å²) in [6.07, 6.45) is 0.515. The van der Waals surface area contributed by atoms with Crippen molar-refractivity contribution in [1.82, 2.24) is 15.3 Å². The molecule has 6 heteroatoms. The van der Waals surface area contributed by atoms with Gasteiger partial charge in [-0.05, 0) is 12.3 Å². The number of hydrogen-bond acceptors (Lipinski definition) is 3. The number of amides is 2. The maximum Gasteiger partial charge on any atom is 0.331 e. The minimum absolute atomic E-state index is 0.0113. The standard InChI is InChI=1S/C11H21N3O3/c1-8(2)11(9(15)16)5-6-14(7-11)10(17)12-13(3)4/h8H,5-7H2,1-4H3,(H,12,17)(H,15,16). The fraction of sp³-hybridized carbons (Fsp3) is 0.818. The Bertz CT molecular complexity index is 317. The van der Waals surface area contributed by atoms with Crippen LogP contribution < -0.4 is 5.43 Å². The van der Waals surface area contributed by atoms with Crippen LogP contribution in [0.25, 0.3) is 0 Å². The smallest absolute Gasteiger partial charge is 0.331 e. The summed E-state index contributed by atoms with van der Waals surface area (Å²) in [5, 5.41) is 10.9. The van der Waals surface area contributed by atoms with Gasteiger partial charge >= 0.3 is 12.0 Å². The quantitative estimate of drug-likeness (QED) is 0.712. The Balaban J connectivity index is 2.73. The normalized spacial score (nSPS) is 24.5. The SMILES string of the molecule is CC(C)C1(C(=O)O)CCN(C(=O)NN(C)C)C1. The molecule has 1 rings (SSSR count). The highest BCUT2D eigenvalue weighted by atomic mass is 16.4. The van der Waals surface area contributed by atoms with E-state index in [-0.39, 0.29) is 18.5 Å². The predicted octanol–water partition coefficient (Wildman–Crippen LogP) is 0.605. The van der Waals surface area contributed by atoms with Crippen LogP contribution in [0.5, 0.6) is 0 Å². The zero-order valence-corrected chi connectivity index (χ0v) is 10.9. The predicted molar refractivity (Wildman–Crippen MR) is 63.3 cm³/mol. The highest BCUT2D eigenvalue weighted by molar-refractivity contribution is 5.79. The molecule has 98 valence electrons. The topological polar surface area (TPSA) is 72.9 Å². The number of carboxylic acids is 1. The molecule has 1 aliphatic heterocycles. The van der Waals surface area contributed by atoms with Crippen molar-refractivity contribution in [2.45, 2.75) is 20.3 Å². The zero-order chi connectivity index (χ0) is 13.2. The molecule has 1 saturated heterocycles. The summed E-state index contributed by atoms with van der Waals surface area (Å²) in [5.74, 6) is -0.801. The van der Waals surface area contributed by atoms with E-state index in [9.17, 15) is 14.7 Å². The maximum atomic E-state index is 11.8. The Kier molecular flexibility index (Phi) is 3.98. The van der Waals surface area contributed by atoms with E-state index < -0.39 is 11.4 Å². The average molecular weight is 243 g/mol. The molecule has 1 aliphatic rings. The summed E-state index contributed by atoms with van der Waals surface area (Å²) < 4.78 is 0. The van der Waals surface area contributed by atoms with Gasteiger partial charge < -0.3 is 10.0 Å². The lowest BCUT2D eigenvalue weighted by Gasteiger charge is -2.29. The molecule has 6 nitrogen and oxygen atoms in total. The fourth-order valence-corrected chi connectivity index (χ4v) is 2.16. The highest BCUT2D eigenvalue weighted by Gasteiger charge is 2.48. The van der Waals surface area contributed by atoms with Crippen molar-refractivity contribution in [2.75, 3.05) is 27.2 Å². The molecule has 1 unspecified atom stereocenters. The number of nitrogens with zero attached hydrogens (tertiary/aromatic N) is 2. The molecule has 2 N–H and O–H groups in total. The van der Waals surface area contributed by atoms with Crippen LogP contribution in [0.4, 0.5) is 4.79 Å². The van der Waals surface area contributed by atoms with Crippen LogP contribution in [-0.4, -0.2) is 54.2 Å². The Hall–Kier alpha value is -1.30. The van der Waals surface area contributed by atoms with Crippen molar-refractivity contribution in [3.63, 3.8) is 0 Å².